The third-order valence-electron chi connectivity index (χ3n) is 9.13. The Morgan fingerprint density at radius 3 is 1.73 bits per heavy atom. The number of carbonyl (C=O) groups is 1. The summed E-state index contributed by atoms with van der Waals surface area (Å²) in [6.07, 6.45) is 7.54. The molecule has 56 heavy (non-hydrogen) atoms. The fourth-order valence-electron chi connectivity index (χ4n) is 6.29. The molecule has 2 aliphatic rings. The van der Waals surface area contributed by atoms with Crippen molar-refractivity contribution >= 4 is 6.29 Å². The number of hydrogen-bond donors (Lipinski definition) is 4. The van der Waals surface area contributed by atoms with Crippen LogP contribution in [-0.4, -0.2) is 51.8 Å². The molecule has 12 heteroatoms. The van der Waals surface area contributed by atoms with Crippen LogP contribution < -0.4 is 20.5 Å². The van der Waals surface area contributed by atoms with E-state index in [1.165, 1.54) is 30.5 Å². The van der Waals surface area contributed by atoms with Gasteiger partial charge in [-0.05, 0) is 65.2 Å². The van der Waals surface area contributed by atoms with E-state index in [1.54, 1.807) is 42.7 Å². The summed E-state index contributed by atoms with van der Waals surface area (Å²) in [6.45, 7) is 1.72. The summed E-state index contributed by atoms with van der Waals surface area (Å²) in [5.74, 6) is 0.985. The Hall–Kier alpha value is -5.27. The maximum absolute atomic E-state index is 13.1. The number of nitrogens with one attached hydrogen (secondary N) is 1. The van der Waals surface area contributed by atoms with Crippen LogP contribution in [0.5, 0.6) is 11.5 Å². The normalized spacial score (nSPS) is 17.7. The molecule has 0 bridgehead atoms. The fraction of sp³-hybridized carbons (Fsp3) is 0.205. The third kappa shape index (κ3) is 11.4. The first-order valence-electron chi connectivity index (χ1n) is 17.9. The summed E-state index contributed by atoms with van der Waals surface area (Å²) in [5, 5.41) is 23.4. The largest absolute Gasteiger partial charge is 0.489 e. The average molecular weight is 796 g/mol. The van der Waals surface area contributed by atoms with Gasteiger partial charge in [0.25, 0.3) is 0 Å². The summed E-state index contributed by atoms with van der Waals surface area (Å²) in [5.41, 5.74) is 12.3. The number of para-hydroxylation sites is 2. The number of nitrogens with zero attached hydrogens (tertiary/aromatic N) is 2. The van der Waals surface area contributed by atoms with Crippen LogP contribution in [0.2, 0.25) is 0 Å². The van der Waals surface area contributed by atoms with Crippen molar-refractivity contribution in [3.05, 3.63) is 168 Å². The molecule has 4 aromatic carbocycles. The minimum absolute atomic E-state index is 0. The maximum atomic E-state index is 13.1. The van der Waals surface area contributed by atoms with Crippen LogP contribution in [0.25, 0.3) is 22.3 Å². The zero-order valence-corrected chi connectivity index (χ0v) is 31.8. The summed E-state index contributed by atoms with van der Waals surface area (Å²) in [4.78, 5) is 18.8. The Labute approximate surface area is 336 Å². The van der Waals surface area contributed by atoms with Crippen LogP contribution in [0.3, 0.4) is 0 Å². The summed E-state index contributed by atoms with van der Waals surface area (Å²) in [7, 11) is 0. The standard InChI is InChI=1S/C22H21FN2O2.C12H8FNO.C10H13NO2.V/c23-18-7-5-16(6-8-18)17-9-15(11-24-13-17)12-25-14-19-10-21(26)20-3-1-2-4-22(20)27-19;13-12-3-1-10(2-4-12)11-5-9(8-15)6-14-7-11;11-6-7-5-9(12)8-3-1-2-4-10(8)13-7;/h1-9,11,13,19,21,25-26H,10,12,14H2;1-8H;1-4,7,9,12H,5-6,11H2;/t19-,21-;;7?,9-;/m1.1./s1. The van der Waals surface area contributed by atoms with Gasteiger partial charge in [-0.2, -0.15) is 0 Å². The number of pyridine rings is 2. The molecular formula is C44H42F2N4O5V. The summed E-state index contributed by atoms with van der Waals surface area (Å²) in [6, 6.07) is 31.4. The minimum atomic E-state index is -0.495. The van der Waals surface area contributed by atoms with Gasteiger partial charge in [0.05, 0.1) is 12.2 Å². The van der Waals surface area contributed by atoms with Crippen molar-refractivity contribution in [3.8, 4) is 33.8 Å². The van der Waals surface area contributed by atoms with Crippen molar-refractivity contribution in [1.82, 2.24) is 15.3 Å². The van der Waals surface area contributed by atoms with E-state index in [9.17, 15) is 23.8 Å². The molecule has 8 rings (SSSR count). The van der Waals surface area contributed by atoms with E-state index in [-0.39, 0.29) is 42.4 Å². The summed E-state index contributed by atoms with van der Waals surface area (Å²) >= 11 is 0. The molecule has 0 fully saturated rings. The van der Waals surface area contributed by atoms with Gasteiger partial charge < -0.3 is 30.7 Å². The van der Waals surface area contributed by atoms with Crippen molar-refractivity contribution < 1.29 is 51.8 Å². The number of aldehydes is 1. The predicted molar refractivity (Wildman–Crippen MR) is 206 cm³/mol. The molecule has 0 amide bonds. The Kier molecular flexibility index (Phi) is 15.4. The molecule has 9 nitrogen and oxygen atoms in total. The van der Waals surface area contributed by atoms with E-state index in [2.05, 4.69) is 15.3 Å². The Morgan fingerprint density at radius 1 is 0.679 bits per heavy atom. The number of fused-ring (bicyclic) bond motifs is 2. The van der Waals surface area contributed by atoms with Gasteiger partial charge in [-0.15, -0.1) is 0 Å². The molecule has 2 aliphatic heterocycles. The van der Waals surface area contributed by atoms with Gasteiger partial charge in [-0.1, -0.05) is 60.7 Å². The van der Waals surface area contributed by atoms with Crippen LogP contribution in [0.4, 0.5) is 8.78 Å². The Bertz CT molecular complexity index is 2160. The molecule has 0 aliphatic carbocycles. The van der Waals surface area contributed by atoms with E-state index in [0.29, 0.717) is 38.0 Å². The summed E-state index contributed by atoms with van der Waals surface area (Å²) < 4.78 is 37.3. The first-order valence-corrected chi connectivity index (χ1v) is 17.9. The molecule has 5 N–H and O–H groups in total. The number of nitrogens with two attached hydrogens (primary N) is 1. The SMILES string of the molecule is NCC1C[C@@H](O)c2ccccc2O1.O=Cc1cncc(-c2ccc(F)cc2)c1.O[C@@H]1C[C@H](CNCc2cncc(-c3ccc(F)cc3)c2)Oc2ccccc21.[V]. The number of rotatable bonds is 8. The van der Waals surface area contributed by atoms with E-state index < -0.39 is 12.2 Å². The topological polar surface area (TPSA) is 140 Å². The molecule has 4 atom stereocenters. The van der Waals surface area contributed by atoms with Crippen LogP contribution in [0, 0.1) is 11.6 Å². The number of aliphatic hydroxyl groups excluding tert-OH is 2. The van der Waals surface area contributed by atoms with Gasteiger partial charge in [0.15, 0.2) is 6.29 Å². The van der Waals surface area contributed by atoms with E-state index in [1.807, 2.05) is 60.8 Å². The molecular weight excluding hydrogens is 753 g/mol. The minimum Gasteiger partial charge on any atom is -0.489 e. The van der Waals surface area contributed by atoms with Gasteiger partial charge in [0.1, 0.15) is 35.3 Å². The quantitative estimate of drug-likeness (QED) is 0.116. The second kappa shape index (κ2) is 20.6. The van der Waals surface area contributed by atoms with E-state index in [0.717, 1.165) is 56.7 Å². The number of hydrogen-bond acceptors (Lipinski definition) is 9. The zero-order chi connectivity index (χ0) is 38.6. The molecule has 287 valence electrons. The van der Waals surface area contributed by atoms with Crippen molar-refractivity contribution in [2.24, 2.45) is 5.73 Å². The molecule has 4 heterocycles. The van der Waals surface area contributed by atoms with Gasteiger partial charge in [-0.3, -0.25) is 14.8 Å². The predicted octanol–water partition coefficient (Wildman–Crippen LogP) is 7.39. The Balaban J connectivity index is 0.000000175. The van der Waals surface area contributed by atoms with E-state index >= 15 is 0 Å². The number of halogens is 2. The van der Waals surface area contributed by atoms with Crippen LogP contribution >= 0.6 is 0 Å². The van der Waals surface area contributed by atoms with Crippen LogP contribution in [0.1, 0.15) is 52.1 Å². The molecule has 2 aromatic heterocycles. The molecule has 0 spiro atoms. The first-order chi connectivity index (χ1) is 26.8. The third-order valence-corrected chi connectivity index (χ3v) is 9.13. The molecule has 0 saturated carbocycles. The number of carbonyl (C=O) groups excluding carboxylic acids is 1. The van der Waals surface area contributed by atoms with Crippen molar-refractivity contribution in [2.75, 3.05) is 13.1 Å². The molecule has 1 unspecified atom stereocenters. The molecule has 1 radical (unpaired) electrons. The number of ether oxygens (including phenoxy) is 2. The fourth-order valence-corrected chi connectivity index (χ4v) is 6.29. The second-order valence-electron chi connectivity index (χ2n) is 13.1. The van der Waals surface area contributed by atoms with E-state index in [4.69, 9.17) is 15.2 Å². The monoisotopic (exact) mass is 795 g/mol. The Morgan fingerprint density at radius 2 is 1.18 bits per heavy atom. The van der Waals surface area contributed by atoms with Gasteiger partial charge in [0.2, 0.25) is 0 Å². The van der Waals surface area contributed by atoms with Gasteiger partial charge >= 0.3 is 0 Å². The molecule has 0 saturated heterocycles. The van der Waals surface area contributed by atoms with Crippen molar-refractivity contribution in [2.45, 2.75) is 43.8 Å². The number of benzene rings is 4. The van der Waals surface area contributed by atoms with Gasteiger partial charge in [-0.25, -0.2) is 8.78 Å². The zero-order valence-electron chi connectivity index (χ0n) is 30.4. The van der Waals surface area contributed by atoms with Crippen molar-refractivity contribution in [1.29, 1.82) is 0 Å². The number of aromatic nitrogens is 2. The maximum Gasteiger partial charge on any atom is 0.151 e. The smallest absolute Gasteiger partial charge is 0.151 e. The van der Waals surface area contributed by atoms with Crippen LogP contribution in [0.15, 0.2) is 134 Å². The number of aliphatic hydroxyl groups is 2. The average Bonchev–Trinajstić information content (AvgIpc) is 3.22. The molecule has 6 aromatic rings. The second-order valence-corrected chi connectivity index (χ2v) is 13.1. The van der Waals surface area contributed by atoms with Crippen molar-refractivity contribution in [3.63, 3.8) is 0 Å². The van der Waals surface area contributed by atoms with Gasteiger partial charge in [0, 0.05) is 104 Å². The van der Waals surface area contributed by atoms with Crippen LogP contribution in [-0.2, 0) is 25.1 Å². The first kappa shape index (κ1) is 41.9.